The molecule has 0 fully saturated rings. The molecule has 0 saturated heterocycles. The number of aliphatic hydroxyl groups is 1. The van der Waals surface area contributed by atoms with Gasteiger partial charge < -0.3 is 73.9 Å². The largest absolute Gasteiger partial charge is 0.481 e. The molecule has 3 rings (SSSR count). The smallest absolute Gasteiger partial charge is 0.326 e. The summed E-state index contributed by atoms with van der Waals surface area (Å²) in [6.45, 7) is 7.22. The number of carboxylic acids is 2. The summed E-state index contributed by atoms with van der Waals surface area (Å²) < 4.78 is 31.8. The molecule has 0 bridgehead atoms. The van der Waals surface area contributed by atoms with Crippen LogP contribution in [0.4, 0.5) is 8.78 Å². The molecular formula is C54H75F2N11O14. The SMILES string of the molecule is CC(=O)[C@](N)(CCCCN)C(=O)N[C@@H](C)C(=O)N[C@H](C)C(=O)N[C@@H](CC(N)=O)C(=O)N[C@@H](CCN(C(=O)CO)[C@@H](c1cc(-c2cc(F)ccc2F)cn1Cc1ccccc1)C(C)(C)C)C(=O)NCCC(=O)N[C@H](CCC(=O)O)C(=O)O. The van der Waals surface area contributed by atoms with Crippen LogP contribution < -0.4 is 49.1 Å². The van der Waals surface area contributed by atoms with Crippen LogP contribution in [0.1, 0.15) is 110 Å². The topological polar surface area (TPSA) is 407 Å². The number of amides is 8. The molecule has 2 aromatic carbocycles. The normalized spacial score (nSPS) is 14.3. The number of aromatic nitrogens is 1. The molecule has 0 aliphatic rings. The lowest BCUT2D eigenvalue weighted by atomic mass is 9.82. The monoisotopic (exact) mass is 1140 g/mol. The van der Waals surface area contributed by atoms with Crippen molar-refractivity contribution in [3.63, 3.8) is 0 Å². The Kier molecular flexibility index (Phi) is 25.7. The van der Waals surface area contributed by atoms with Gasteiger partial charge in [-0.1, -0.05) is 51.1 Å². The first-order valence-electron chi connectivity index (χ1n) is 26.1. The Morgan fingerprint density at radius 3 is 1.96 bits per heavy atom. The van der Waals surface area contributed by atoms with E-state index in [1.54, 1.807) is 55.8 Å². The van der Waals surface area contributed by atoms with Gasteiger partial charge in [-0.3, -0.25) is 47.9 Å². The third-order valence-electron chi connectivity index (χ3n) is 13.0. The van der Waals surface area contributed by atoms with Crippen molar-refractivity contribution in [1.29, 1.82) is 0 Å². The Bertz CT molecular complexity index is 2760. The number of aliphatic carboxylic acids is 2. The number of nitrogens with one attached hydrogen (secondary N) is 6. The number of nitrogens with two attached hydrogens (primary N) is 3. The summed E-state index contributed by atoms with van der Waals surface area (Å²) in [5.41, 5.74) is 15.5. The van der Waals surface area contributed by atoms with Gasteiger partial charge in [0, 0.05) is 55.5 Å². The third kappa shape index (κ3) is 20.5. The van der Waals surface area contributed by atoms with Crippen LogP contribution in [0.25, 0.3) is 11.1 Å². The molecular weight excluding hydrogens is 1060 g/mol. The fourth-order valence-electron chi connectivity index (χ4n) is 8.62. The van der Waals surface area contributed by atoms with Crippen LogP contribution in [-0.2, 0) is 59.3 Å². The van der Waals surface area contributed by atoms with E-state index >= 15 is 4.39 Å². The lowest BCUT2D eigenvalue weighted by Gasteiger charge is -2.41. The molecule has 1 heterocycles. The highest BCUT2D eigenvalue weighted by Crippen LogP contribution is 2.41. The molecule has 25 nitrogen and oxygen atoms in total. The number of carbonyl (C=O) groups excluding carboxylic acids is 9. The average molecular weight is 1140 g/mol. The van der Waals surface area contributed by atoms with Gasteiger partial charge in [-0.25, -0.2) is 13.6 Å². The van der Waals surface area contributed by atoms with Crippen molar-refractivity contribution in [1.82, 2.24) is 41.4 Å². The quantitative estimate of drug-likeness (QED) is 0.0282. The maximum Gasteiger partial charge on any atom is 0.326 e. The molecule has 3 aromatic rings. The minimum absolute atomic E-state index is 0.0717. The van der Waals surface area contributed by atoms with Gasteiger partial charge in [-0.2, -0.15) is 0 Å². The zero-order chi connectivity index (χ0) is 60.9. The number of unbranched alkanes of at least 4 members (excludes halogenated alkanes) is 1. The summed E-state index contributed by atoms with van der Waals surface area (Å²) in [6, 6.07) is 4.42. The van der Waals surface area contributed by atoms with Gasteiger partial charge in [0.2, 0.25) is 47.3 Å². The number of carbonyl (C=O) groups is 11. The van der Waals surface area contributed by atoms with Crippen molar-refractivity contribution in [3.8, 4) is 11.1 Å². The van der Waals surface area contributed by atoms with Crippen molar-refractivity contribution in [2.75, 3.05) is 26.2 Å². The Morgan fingerprint density at radius 1 is 0.753 bits per heavy atom. The van der Waals surface area contributed by atoms with Crippen LogP contribution >= 0.6 is 0 Å². The Morgan fingerprint density at radius 2 is 1.38 bits per heavy atom. The van der Waals surface area contributed by atoms with Gasteiger partial charge in [-0.15, -0.1) is 0 Å². The number of hydrogen-bond donors (Lipinski definition) is 12. The number of aliphatic hydroxyl groups excluding tert-OH is 1. The summed E-state index contributed by atoms with van der Waals surface area (Å²) in [7, 11) is 0. The number of benzene rings is 2. The predicted molar refractivity (Wildman–Crippen MR) is 288 cm³/mol. The van der Waals surface area contributed by atoms with Crippen LogP contribution in [0.3, 0.4) is 0 Å². The Labute approximate surface area is 466 Å². The lowest BCUT2D eigenvalue weighted by molar-refractivity contribution is -0.143. The van der Waals surface area contributed by atoms with Gasteiger partial charge in [0.05, 0.1) is 12.5 Å². The number of nitrogens with zero attached hydrogens (tertiary/aromatic N) is 2. The molecule has 0 aliphatic heterocycles. The van der Waals surface area contributed by atoms with Crippen LogP contribution in [0.2, 0.25) is 0 Å². The van der Waals surface area contributed by atoms with E-state index in [2.05, 4.69) is 31.9 Å². The molecule has 444 valence electrons. The molecule has 0 saturated carbocycles. The Hall–Kier alpha value is -8.17. The molecule has 15 N–H and O–H groups in total. The summed E-state index contributed by atoms with van der Waals surface area (Å²) in [6.07, 6.45) is -0.718. The first-order chi connectivity index (χ1) is 37.9. The van der Waals surface area contributed by atoms with Gasteiger partial charge in [0.1, 0.15) is 48.5 Å². The number of ketones is 1. The number of Topliss-reactive ketones (excluding diaryl/α,β-unsaturated/α-hetero) is 1. The number of rotatable bonds is 33. The van der Waals surface area contributed by atoms with Crippen molar-refractivity contribution in [3.05, 3.63) is 83.7 Å². The van der Waals surface area contributed by atoms with Crippen LogP contribution in [-0.4, -0.2) is 152 Å². The number of hydrogen-bond acceptors (Lipinski definition) is 14. The molecule has 7 atom stereocenters. The second-order valence-corrected chi connectivity index (χ2v) is 20.6. The first-order valence-corrected chi connectivity index (χ1v) is 26.1. The maximum absolute atomic E-state index is 15.4. The highest BCUT2D eigenvalue weighted by molar-refractivity contribution is 6.10. The summed E-state index contributed by atoms with van der Waals surface area (Å²) in [5.74, 6) is -13.1. The van der Waals surface area contributed by atoms with E-state index in [0.717, 1.165) is 30.7 Å². The van der Waals surface area contributed by atoms with E-state index in [9.17, 15) is 67.3 Å². The van der Waals surface area contributed by atoms with Gasteiger partial charge >= 0.3 is 11.9 Å². The second kappa shape index (κ2) is 31.0. The minimum atomic E-state index is -1.99. The molecule has 1 aromatic heterocycles. The summed E-state index contributed by atoms with van der Waals surface area (Å²) >= 11 is 0. The van der Waals surface area contributed by atoms with Gasteiger partial charge in [0.15, 0.2) is 11.3 Å². The van der Waals surface area contributed by atoms with E-state index in [4.69, 9.17) is 22.3 Å². The molecule has 27 heteroatoms. The molecule has 8 amide bonds. The van der Waals surface area contributed by atoms with E-state index < -0.39 is 176 Å². The maximum atomic E-state index is 15.4. The van der Waals surface area contributed by atoms with E-state index in [-0.39, 0.29) is 30.6 Å². The van der Waals surface area contributed by atoms with Gasteiger partial charge in [0.25, 0.3) is 0 Å². The van der Waals surface area contributed by atoms with E-state index in [1.165, 1.54) is 18.7 Å². The summed E-state index contributed by atoms with van der Waals surface area (Å²) in [4.78, 5) is 144. The van der Waals surface area contributed by atoms with Crippen LogP contribution in [0.5, 0.6) is 0 Å². The number of halogens is 2. The Balaban J connectivity index is 2.03. The fourth-order valence-corrected chi connectivity index (χ4v) is 8.62. The van der Waals surface area contributed by atoms with Crippen molar-refractivity contribution in [2.45, 2.75) is 141 Å². The molecule has 81 heavy (non-hydrogen) atoms. The fraction of sp³-hybridized carbons (Fsp3) is 0.500. The second-order valence-electron chi connectivity index (χ2n) is 20.6. The third-order valence-corrected chi connectivity index (χ3v) is 13.0. The molecule has 0 unspecified atom stereocenters. The molecule has 0 aliphatic carbocycles. The minimum Gasteiger partial charge on any atom is -0.481 e. The predicted octanol–water partition coefficient (Wildman–Crippen LogP) is -0.00980. The highest BCUT2D eigenvalue weighted by atomic mass is 19.1. The number of carboxylic acid groups (broad SMARTS) is 2. The molecule has 0 spiro atoms. The highest BCUT2D eigenvalue weighted by Gasteiger charge is 2.41. The van der Waals surface area contributed by atoms with Gasteiger partial charge in [-0.05, 0) is 94.7 Å². The average Bonchev–Trinajstić information content (AvgIpc) is 3.79. The van der Waals surface area contributed by atoms with Crippen LogP contribution in [0, 0.1) is 17.0 Å². The van der Waals surface area contributed by atoms with E-state index in [0.29, 0.717) is 18.5 Å². The lowest BCUT2D eigenvalue weighted by Crippen LogP contribution is -2.62. The molecule has 0 radical (unpaired) electrons. The number of primary amides is 1. The van der Waals surface area contributed by atoms with E-state index in [1.807, 2.05) is 12.1 Å². The standard InChI is InChI=1S/C54H75F2N11O14/c1-30(61-47(75)31(2)62-52(81)54(59,32(3)69)20-10-11-21-57)48(76)65-40(26-42(58)70)50(78)64-38(49(77)60-22-18-43(71)63-39(51(79)80)16-17-45(73)74)19-23-67(44(72)29-68)46(53(4,5)6)41-24-34(36-25-35(55)14-15-37(36)56)28-66(41)27-33-12-8-7-9-13-33/h7-9,12-15,24-25,28,30-31,38-40,46,68H,10-11,16-23,26-27,29,57,59H2,1-6H3,(H2,58,70)(H,60,77)(H,61,75)(H,62,81)(H,63,71)(H,64,78)(H,65,76)(H,73,74)(H,79,80)/t30-,31+,38+,39-,40+,46+,54-/m1/s1. The van der Waals surface area contributed by atoms with Crippen LogP contribution in [0.15, 0.2) is 60.8 Å². The van der Waals surface area contributed by atoms with Crippen molar-refractivity contribution < 1.29 is 76.8 Å². The first kappa shape index (κ1) is 67.1. The zero-order valence-corrected chi connectivity index (χ0v) is 46.1. The van der Waals surface area contributed by atoms with Crippen molar-refractivity contribution >= 4 is 65.0 Å². The van der Waals surface area contributed by atoms with Crippen molar-refractivity contribution in [2.24, 2.45) is 22.6 Å². The zero-order valence-electron chi connectivity index (χ0n) is 46.1. The summed E-state index contributed by atoms with van der Waals surface area (Å²) in [5, 5.41) is 43.1.